The van der Waals surface area contributed by atoms with Gasteiger partial charge in [0.2, 0.25) is 10.4 Å². The number of aliphatic hydroxyl groups excluding tert-OH is 5. The van der Waals surface area contributed by atoms with E-state index in [9.17, 15) is 38.5 Å². The molecule has 0 aromatic rings. The van der Waals surface area contributed by atoms with Gasteiger partial charge in [0.1, 0.15) is 42.0 Å². The Labute approximate surface area is 129 Å². The number of rotatable bonds is 5. The molecule has 2 rings (SSSR count). The van der Waals surface area contributed by atoms with Crippen molar-refractivity contribution in [3.8, 4) is 0 Å². The van der Waals surface area contributed by atoms with E-state index in [0.717, 1.165) is 0 Å². The van der Waals surface area contributed by atoms with E-state index < -0.39 is 70.0 Å². The highest BCUT2D eigenvalue weighted by atomic mass is 32.3. The maximum atomic E-state index is 10.7. The lowest BCUT2D eigenvalue weighted by molar-refractivity contribution is -0.123. The van der Waals surface area contributed by atoms with Crippen molar-refractivity contribution in [2.24, 2.45) is 0 Å². The third kappa shape index (κ3) is 3.90. The lowest BCUT2D eigenvalue weighted by atomic mass is 10.2. The van der Waals surface area contributed by atoms with Gasteiger partial charge in [-0.05, 0) is 0 Å². The van der Waals surface area contributed by atoms with E-state index in [2.05, 4.69) is 4.18 Å². The number of hydrogen-bond acceptors (Lipinski definition) is 10. The highest BCUT2D eigenvalue weighted by molar-refractivity contribution is 7.97. The third-order valence-corrected chi connectivity index (χ3v) is 6.95. The van der Waals surface area contributed by atoms with Crippen molar-refractivity contribution in [2.75, 3.05) is 18.1 Å². The molecule has 2 unspecified atom stereocenters. The highest BCUT2D eigenvalue weighted by Crippen LogP contribution is 2.30. The predicted octanol–water partition coefficient (Wildman–Crippen LogP) is -4.38. The largest absolute Gasteiger partial charge is 0.726 e. The van der Waals surface area contributed by atoms with Crippen LogP contribution in [0.25, 0.3) is 0 Å². The van der Waals surface area contributed by atoms with Crippen LogP contribution in [0.4, 0.5) is 0 Å². The van der Waals surface area contributed by atoms with Crippen LogP contribution in [-0.4, -0.2) is 98.7 Å². The normalized spacial score (nSPS) is 46.3. The molecular formula is C10H18O10S2. The minimum absolute atomic E-state index is 0.00759. The molecule has 0 spiro atoms. The standard InChI is InChI=1S/C10H18O10S2/c11-1-6-7(13)4(12)2-21(6)3-5-9(20-22(16,17)18)8(14)10(15)19-5/h4-15H,1-3H2/t4-,5-,6-,7+,8-,9+,10?,21?/m1/s1. The van der Waals surface area contributed by atoms with Gasteiger partial charge in [0.25, 0.3) is 0 Å². The Morgan fingerprint density at radius 2 is 1.86 bits per heavy atom. The molecule has 5 N–H and O–H groups in total. The third-order valence-electron chi connectivity index (χ3n) is 3.68. The van der Waals surface area contributed by atoms with E-state index in [1.165, 1.54) is 0 Å². The fourth-order valence-corrected chi connectivity index (χ4v) is 5.86. The lowest BCUT2D eigenvalue weighted by Gasteiger charge is -2.21. The molecular weight excluding hydrogens is 344 g/mol. The zero-order valence-corrected chi connectivity index (χ0v) is 12.9. The molecule has 12 heteroatoms. The Bertz CT molecular complexity index is 484. The van der Waals surface area contributed by atoms with Crippen molar-refractivity contribution in [3.05, 3.63) is 0 Å². The van der Waals surface area contributed by atoms with Crippen LogP contribution in [-0.2, 0) is 30.2 Å². The van der Waals surface area contributed by atoms with E-state index in [1.54, 1.807) is 0 Å². The van der Waals surface area contributed by atoms with Gasteiger partial charge in [0.15, 0.2) is 11.5 Å². The fraction of sp³-hybridized carbons (Fsp3) is 1.00. The van der Waals surface area contributed by atoms with Gasteiger partial charge in [0.05, 0.1) is 6.61 Å². The number of ether oxygens (including phenoxy) is 1. The molecule has 2 aliphatic rings. The van der Waals surface area contributed by atoms with E-state index in [0.29, 0.717) is 0 Å². The minimum Gasteiger partial charge on any atom is -0.726 e. The molecule has 0 saturated carbocycles. The van der Waals surface area contributed by atoms with Crippen LogP contribution in [0, 0.1) is 0 Å². The van der Waals surface area contributed by atoms with E-state index in [-0.39, 0.29) is 11.5 Å². The van der Waals surface area contributed by atoms with Gasteiger partial charge in [-0.3, -0.25) is 4.18 Å². The van der Waals surface area contributed by atoms with Crippen LogP contribution in [0.15, 0.2) is 0 Å². The van der Waals surface area contributed by atoms with Gasteiger partial charge in [0, 0.05) is 10.9 Å². The summed E-state index contributed by atoms with van der Waals surface area (Å²) in [5, 5.41) is 47.1. The van der Waals surface area contributed by atoms with Crippen LogP contribution in [0.5, 0.6) is 0 Å². The summed E-state index contributed by atoms with van der Waals surface area (Å²) in [5.41, 5.74) is 0. The van der Waals surface area contributed by atoms with Gasteiger partial charge >= 0.3 is 0 Å². The molecule has 0 amide bonds. The summed E-state index contributed by atoms with van der Waals surface area (Å²) in [6.45, 7) is -0.398. The first-order chi connectivity index (χ1) is 10.1. The quantitative estimate of drug-likeness (QED) is 0.182. The Hall–Kier alpha value is -0.0200. The summed E-state index contributed by atoms with van der Waals surface area (Å²) in [6.07, 6.45) is -8.32. The van der Waals surface area contributed by atoms with Crippen molar-refractivity contribution in [1.29, 1.82) is 0 Å². The summed E-state index contributed by atoms with van der Waals surface area (Å²) in [4.78, 5) is 0. The fourth-order valence-electron chi connectivity index (χ4n) is 2.61. The Kier molecular flexibility index (Phi) is 5.70. The minimum atomic E-state index is -5.12. The molecule has 0 bridgehead atoms. The molecule has 2 heterocycles. The second-order valence-electron chi connectivity index (χ2n) is 5.17. The smallest absolute Gasteiger partial charge is 0.218 e. The molecule has 2 saturated heterocycles. The maximum absolute atomic E-state index is 10.7. The molecule has 8 atom stereocenters. The summed E-state index contributed by atoms with van der Waals surface area (Å²) >= 11 is 0. The molecule has 10 nitrogen and oxygen atoms in total. The van der Waals surface area contributed by atoms with Crippen molar-refractivity contribution < 1.29 is 47.4 Å². The zero-order valence-electron chi connectivity index (χ0n) is 11.3. The molecule has 2 aliphatic heterocycles. The average molecular weight is 362 g/mol. The Balaban J connectivity index is 2.10. The Morgan fingerprint density at radius 3 is 2.41 bits per heavy atom. The van der Waals surface area contributed by atoms with Crippen molar-refractivity contribution in [1.82, 2.24) is 0 Å². The van der Waals surface area contributed by atoms with Crippen LogP contribution >= 0.6 is 0 Å². The molecule has 130 valence electrons. The second kappa shape index (κ2) is 6.84. The van der Waals surface area contributed by atoms with Crippen molar-refractivity contribution in [3.63, 3.8) is 0 Å². The zero-order chi connectivity index (χ0) is 16.7. The van der Waals surface area contributed by atoms with Gasteiger partial charge in [-0.2, -0.15) is 0 Å². The van der Waals surface area contributed by atoms with E-state index >= 15 is 0 Å². The topological polar surface area (TPSA) is 177 Å². The molecule has 22 heavy (non-hydrogen) atoms. The second-order valence-corrected chi connectivity index (χ2v) is 8.53. The molecule has 0 aliphatic carbocycles. The SMILES string of the molecule is O=S(=O)([O-])O[C@H]1[C@@H](C[S+]2C[C@@H](O)[C@H](O)[C@H]2CO)OC(O)[C@@H]1O. The van der Waals surface area contributed by atoms with Gasteiger partial charge in [-0.25, -0.2) is 8.42 Å². The van der Waals surface area contributed by atoms with Crippen LogP contribution in [0.2, 0.25) is 0 Å². The lowest BCUT2D eigenvalue weighted by Crippen LogP contribution is -2.42. The highest BCUT2D eigenvalue weighted by Gasteiger charge is 2.54. The first kappa shape index (κ1) is 18.3. The maximum Gasteiger partial charge on any atom is 0.218 e. The van der Waals surface area contributed by atoms with Crippen molar-refractivity contribution >= 4 is 21.3 Å². The molecule has 0 aromatic heterocycles. The predicted molar refractivity (Wildman–Crippen MR) is 71.4 cm³/mol. The van der Waals surface area contributed by atoms with Gasteiger partial charge in [-0.15, -0.1) is 0 Å². The van der Waals surface area contributed by atoms with Crippen LogP contribution in [0.1, 0.15) is 0 Å². The van der Waals surface area contributed by atoms with Crippen LogP contribution < -0.4 is 0 Å². The summed E-state index contributed by atoms with van der Waals surface area (Å²) in [5.74, 6) is 0.156. The average Bonchev–Trinajstić information content (AvgIpc) is 2.80. The molecule has 0 aromatic carbocycles. The first-order valence-corrected chi connectivity index (χ1v) is 9.39. The van der Waals surface area contributed by atoms with Gasteiger partial charge < -0.3 is 34.8 Å². The summed E-state index contributed by atoms with van der Waals surface area (Å²) in [7, 11) is -5.89. The number of hydrogen-bond donors (Lipinski definition) is 5. The molecule has 0 radical (unpaired) electrons. The van der Waals surface area contributed by atoms with E-state index in [1.807, 2.05) is 0 Å². The van der Waals surface area contributed by atoms with Gasteiger partial charge in [-0.1, -0.05) is 0 Å². The van der Waals surface area contributed by atoms with E-state index in [4.69, 9.17) is 4.74 Å². The van der Waals surface area contributed by atoms with Crippen LogP contribution in [0.3, 0.4) is 0 Å². The number of aliphatic hydroxyl groups is 5. The summed E-state index contributed by atoms with van der Waals surface area (Å²) in [6, 6.07) is 0. The first-order valence-electron chi connectivity index (χ1n) is 6.43. The summed E-state index contributed by atoms with van der Waals surface area (Å²) < 4.78 is 41.3. The molecule has 2 fully saturated rings. The van der Waals surface area contributed by atoms with Crippen molar-refractivity contribution in [2.45, 2.75) is 42.1 Å². The Morgan fingerprint density at radius 1 is 1.23 bits per heavy atom. The monoisotopic (exact) mass is 362 g/mol.